The zero-order valence-electron chi connectivity index (χ0n) is 11.4. The van der Waals surface area contributed by atoms with Crippen molar-refractivity contribution in [2.45, 2.75) is 57.2 Å². The highest BCUT2D eigenvalue weighted by Crippen LogP contribution is 2.38. The first-order valence-corrected chi connectivity index (χ1v) is 6.72. The van der Waals surface area contributed by atoms with Gasteiger partial charge in [-0.3, -0.25) is 0 Å². The standard InChI is InChI=1S/C15H20F3N/c1-14(2,18)10-8-11(13(17)12(16)9-10)15(19)6-4-3-5-7-15/h8-9H,3-7,19H2,1-2H3. The first kappa shape index (κ1) is 14.4. The van der Waals surface area contributed by atoms with Gasteiger partial charge in [0.05, 0.1) is 0 Å². The number of rotatable bonds is 2. The summed E-state index contributed by atoms with van der Waals surface area (Å²) in [4.78, 5) is 0. The molecule has 1 aromatic carbocycles. The van der Waals surface area contributed by atoms with Gasteiger partial charge in [0.15, 0.2) is 11.6 Å². The molecular weight excluding hydrogens is 251 g/mol. The van der Waals surface area contributed by atoms with Gasteiger partial charge in [0, 0.05) is 11.1 Å². The van der Waals surface area contributed by atoms with E-state index in [1.54, 1.807) is 0 Å². The number of nitrogens with two attached hydrogens (primary N) is 1. The topological polar surface area (TPSA) is 26.0 Å². The van der Waals surface area contributed by atoms with Crippen molar-refractivity contribution in [2.24, 2.45) is 5.73 Å². The molecule has 1 fully saturated rings. The molecule has 0 aliphatic heterocycles. The second-order valence-corrected chi connectivity index (χ2v) is 6.01. The number of hydrogen-bond donors (Lipinski definition) is 1. The fourth-order valence-corrected chi connectivity index (χ4v) is 2.75. The lowest BCUT2D eigenvalue weighted by molar-refractivity contribution is 0.218. The van der Waals surface area contributed by atoms with E-state index in [0.717, 1.165) is 25.3 Å². The zero-order valence-corrected chi connectivity index (χ0v) is 11.4. The van der Waals surface area contributed by atoms with Gasteiger partial charge in [-0.25, -0.2) is 13.2 Å². The third kappa shape index (κ3) is 2.78. The van der Waals surface area contributed by atoms with Crippen LogP contribution >= 0.6 is 0 Å². The van der Waals surface area contributed by atoms with E-state index in [1.165, 1.54) is 19.9 Å². The van der Waals surface area contributed by atoms with Crippen LogP contribution in [0, 0.1) is 11.6 Å². The summed E-state index contributed by atoms with van der Waals surface area (Å²) >= 11 is 0. The number of halogens is 3. The molecule has 2 rings (SSSR count). The lowest BCUT2D eigenvalue weighted by Crippen LogP contribution is -2.40. The number of benzene rings is 1. The van der Waals surface area contributed by atoms with Crippen molar-refractivity contribution in [2.75, 3.05) is 0 Å². The first-order chi connectivity index (χ1) is 8.74. The molecule has 2 N–H and O–H groups in total. The van der Waals surface area contributed by atoms with Crippen LogP contribution in [0.4, 0.5) is 13.2 Å². The molecule has 0 amide bonds. The predicted octanol–water partition coefficient (Wildman–Crippen LogP) is 4.29. The third-order valence-electron chi connectivity index (χ3n) is 4.00. The maximum atomic E-state index is 14.0. The van der Waals surface area contributed by atoms with Crippen LogP contribution in [0.2, 0.25) is 0 Å². The van der Waals surface area contributed by atoms with Crippen molar-refractivity contribution in [3.8, 4) is 0 Å². The van der Waals surface area contributed by atoms with Crippen LogP contribution in [0.5, 0.6) is 0 Å². The third-order valence-corrected chi connectivity index (χ3v) is 4.00. The Morgan fingerprint density at radius 1 is 1.11 bits per heavy atom. The van der Waals surface area contributed by atoms with Crippen molar-refractivity contribution >= 4 is 0 Å². The van der Waals surface area contributed by atoms with Crippen molar-refractivity contribution < 1.29 is 13.2 Å². The second-order valence-electron chi connectivity index (χ2n) is 6.01. The van der Waals surface area contributed by atoms with Gasteiger partial charge in [-0.15, -0.1) is 0 Å². The lowest BCUT2D eigenvalue weighted by Gasteiger charge is -2.35. The molecule has 1 aliphatic carbocycles. The molecule has 0 heterocycles. The van der Waals surface area contributed by atoms with Crippen LogP contribution in [0.1, 0.15) is 57.1 Å². The minimum atomic E-state index is -1.71. The summed E-state index contributed by atoms with van der Waals surface area (Å²) in [5, 5.41) is 0. The molecule has 1 nitrogen and oxygen atoms in total. The van der Waals surface area contributed by atoms with E-state index in [1.807, 2.05) is 0 Å². The summed E-state index contributed by atoms with van der Waals surface area (Å²) in [5.74, 6) is -1.95. The molecule has 4 heteroatoms. The van der Waals surface area contributed by atoms with Crippen molar-refractivity contribution in [3.05, 3.63) is 34.9 Å². The molecule has 0 saturated heterocycles. The maximum absolute atomic E-state index is 14.0. The lowest BCUT2D eigenvalue weighted by atomic mass is 9.76. The Morgan fingerprint density at radius 3 is 2.21 bits per heavy atom. The van der Waals surface area contributed by atoms with Crippen LogP contribution in [-0.2, 0) is 11.2 Å². The fraction of sp³-hybridized carbons (Fsp3) is 0.600. The van der Waals surface area contributed by atoms with Crippen LogP contribution < -0.4 is 5.73 Å². The molecule has 0 unspecified atom stereocenters. The van der Waals surface area contributed by atoms with Gasteiger partial charge in [0.25, 0.3) is 0 Å². The largest absolute Gasteiger partial charge is 0.321 e. The van der Waals surface area contributed by atoms with Gasteiger partial charge in [-0.05, 0) is 44.4 Å². The van der Waals surface area contributed by atoms with Crippen molar-refractivity contribution in [1.29, 1.82) is 0 Å². The van der Waals surface area contributed by atoms with Crippen LogP contribution in [0.15, 0.2) is 12.1 Å². The highest BCUT2D eigenvalue weighted by Gasteiger charge is 2.35. The van der Waals surface area contributed by atoms with Gasteiger partial charge < -0.3 is 5.73 Å². The Labute approximate surface area is 112 Å². The Balaban J connectivity index is 2.52. The van der Waals surface area contributed by atoms with Gasteiger partial charge >= 0.3 is 0 Å². The summed E-state index contributed by atoms with van der Waals surface area (Å²) in [6.07, 6.45) is 4.05. The van der Waals surface area contributed by atoms with Gasteiger partial charge in [-0.2, -0.15) is 0 Å². The summed E-state index contributed by atoms with van der Waals surface area (Å²) in [6.45, 7) is 2.65. The SMILES string of the molecule is CC(C)(F)c1cc(F)c(F)c(C2(N)CCCCC2)c1. The van der Waals surface area contributed by atoms with Gasteiger partial charge in [0.1, 0.15) is 5.67 Å². The highest BCUT2D eigenvalue weighted by atomic mass is 19.2. The molecule has 0 bridgehead atoms. The van der Waals surface area contributed by atoms with Gasteiger partial charge in [0.2, 0.25) is 0 Å². The van der Waals surface area contributed by atoms with Crippen molar-refractivity contribution in [1.82, 2.24) is 0 Å². The summed E-state index contributed by atoms with van der Waals surface area (Å²) in [6, 6.07) is 2.31. The number of hydrogen-bond acceptors (Lipinski definition) is 1. The van der Waals surface area contributed by atoms with Crippen LogP contribution in [0.25, 0.3) is 0 Å². The summed E-state index contributed by atoms with van der Waals surface area (Å²) < 4.78 is 41.7. The van der Waals surface area contributed by atoms with Crippen LogP contribution in [0.3, 0.4) is 0 Å². The minimum absolute atomic E-state index is 0.118. The predicted molar refractivity (Wildman–Crippen MR) is 69.4 cm³/mol. The van der Waals surface area contributed by atoms with E-state index in [-0.39, 0.29) is 11.1 Å². The molecule has 0 aromatic heterocycles. The fourth-order valence-electron chi connectivity index (χ4n) is 2.75. The monoisotopic (exact) mass is 271 g/mol. The molecule has 1 aliphatic rings. The Kier molecular flexibility index (Phi) is 3.65. The molecule has 0 radical (unpaired) electrons. The van der Waals surface area contributed by atoms with E-state index in [4.69, 9.17) is 5.73 Å². The summed E-state index contributed by atoms with van der Waals surface area (Å²) in [7, 11) is 0. The average Bonchev–Trinajstić information content (AvgIpc) is 2.31. The van der Waals surface area contributed by atoms with Crippen molar-refractivity contribution in [3.63, 3.8) is 0 Å². The summed E-state index contributed by atoms with van der Waals surface area (Å²) in [5.41, 5.74) is 3.90. The minimum Gasteiger partial charge on any atom is -0.321 e. The van der Waals surface area contributed by atoms with E-state index in [0.29, 0.717) is 12.8 Å². The highest BCUT2D eigenvalue weighted by molar-refractivity contribution is 5.34. The van der Waals surface area contributed by atoms with E-state index < -0.39 is 22.8 Å². The molecule has 1 aromatic rings. The zero-order chi connectivity index (χ0) is 14.3. The molecule has 106 valence electrons. The normalized spacial score (nSPS) is 19.5. The maximum Gasteiger partial charge on any atom is 0.163 e. The smallest absolute Gasteiger partial charge is 0.163 e. The van der Waals surface area contributed by atoms with Crippen LogP contribution in [-0.4, -0.2) is 0 Å². The average molecular weight is 271 g/mol. The second kappa shape index (κ2) is 4.82. The Bertz CT molecular complexity index is 471. The number of alkyl halides is 1. The molecule has 1 saturated carbocycles. The van der Waals surface area contributed by atoms with E-state index in [9.17, 15) is 13.2 Å². The van der Waals surface area contributed by atoms with Gasteiger partial charge in [-0.1, -0.05) is 19.3 Å². The molecular formula is C15H20F3N. The Hall–Kier alpha value is -1.03. The molecule has 0 atom stereocenters. The molecule has 0 spiro atoms. The Morgan fingerprint density at radius 2 is 1.68 bits per heavy atom. The molecule has 19 heavy (non-hydrogen) atoms. The quantitative estimate of drug-likeness (QED) is 0.853. The first-order valence-electron chi connectivity index (χ1n) is 6.72. The van der Waals surface area contributed by atoms with E-state index >= 15 is 0 Å². The van der Waals surface area contributed by atoms with E-state index in [2.05, 4.69) is 0 Å².